The van der Waals surface area contributed by atoms with E-state index in [9.17, 15) is 19.5 Å². The molecule has 2 amide bonds. The van der Waals surface area contributed by atoms with Crippen LogP contribution in [0.4, 0.5) is 16.2 Å². The van der Waals surface area contributed by atoms with E-state index in [1.54, 1.807) is 17.9 Å². The quantitative estimate of drug-likeness (QED) is 0.758. The number of nitrogens with zero attached hydrogens (tertiary/aromatic N) is 2. The largest absolute Gasteiger partial charge is 0.478 e. The summed E-state index contributed by atoms with van der Waals surface area (Å²) in [5.41, 5.74) is 1.36. The number of carboxylic acid groups (broad SMARTS) is 1. The molecule has 1 aliphatic heterocycles. The van der Waals surface area contributed by atoms with Gasteiger partial charge in [-0.25, -0.2) is 9.59 Å². The zero-order chi connectivity index (χ0) is 19.8. The first kappa shape index (κ1) is 20.5. The summed E-state index contributed by atoms with van der Waals surface area (Å²) in [6.07, 6.45) is 1.75. The van der Waals surface area contributed by atoms with Gasteiger partial charge >= 0.3 is 12.1 Å². The maximum absolute atomic E-state index is 12.2. The molecule has 8 heteroatoms. The van der Waals surface area contributed by atoms with E-state index in [0.29, 0.717) is 44.9 Å². The van der Waals surface area contributed by atoms with Crippen LogP contribution in [-0.2, 0) is 9.53 Å². The number of piperazine rings is 1. The van der Waals surface area contributed by atoms with Gasteiger partial charge in [-0.3, -0.25) is 4.79 Å². The molecule has 148 valence electrons. The number of nitrogens with one attached hydrogen (secondary N) is 1. The molecule has 0 spiro atoms. The monoisotopic (exact) mass is 377 g/mol. The van der Waals surface area contributed by atoms with Gasteiger partial charge in [0.1, 0.15) is 0 Å². The first-order valence-corrected chi connectivity index (χ1v) is 9.30. The molecule has 0 saturated carbocycles. The van der Waals surface area contributed by atoms with Crippen molar-refractivity contribution in [1.29, 1.82) is 0 Å². The van der Waals surface area contributed by atoms with Crippen molar-refractivity contribution in [2.75, 3.05) is 43.0 Å². The summed E-state index contributed by atoms with van der Waals surface area (Å²) in [7, 11) is 0. The Hall–Kier alpha value is -2.77. The maximum atomic E-state index is 12.2. The van der Waals surface area contributed by atoms with Gasteiger partial charge in [-0.1, -0.05) is 13.3 Å². The molecule has 0 aliphatic carbocycles. The van der Waals surface area contributed by atoms with Crippen LogP contribution in [0, 0.1) is 0 Å². The smallest absolute Gasteiger partial charge is 0.409 e. The van der Waals surface area contributed by atoms with Crippen LogP contribution in [0.15, 0.2) is 18.2 Å². The van der Waals surface area contributed by atoms with E-state index in [0.717, 1.165) is 18.5 Å². The molecule has 0 aromatic heterocycles. The normalized spacial score (nSPS) is 14.0. The number of carbonyl (C=O) groups excluding carboxylic acids is 2. The highest BCUT2D eigenvalue weighted by Gasteiger charge is 2.24. The third-order valence-electron chi connectivity index (χ3n) is 4.42. The van der Waals surface area contributed by atoms with Crippen LogP contribution in [0.3, 0.4) is 0 Å². The molecule has 1 aliphatic rings. The Morgan fingerprint density at radius 2 is 1.85 bits per heavy atom. The van der Waals surface area contributed by atoms with Gasteiger partial charge in [0.2, 0.25) is 5.91 Å². The Bertz CT molecular complexity index is 684. The summed E-state index contributed by atoms with van der Waals surface area (Å²) in [5.74, 6) is -1.18. The predicted molar refractivity (Wildman–Crippen MR) is 102 cm³/mol. The second-order valence-electron chi connectivity index (χ2n) is 6.36. The van der Waals surface area contributed by atoms with Crippen molar-refractivity contribution in [3.63, 3.8) is 0 Å². The Labute approximate surface area is 159 Å². The number of aromatic carboxylic acids is 1. The summed E-state index contributed by atoms with van der Waals surface area (Å²) in [6, 6.07) is 4.72. The van der Waals surface area contributed by atoms with Crippen molar-refractivity contribution < 1.29 is 24.2 Å². The lowest BCUT2D eigenvalue weighted by Gasteiger charge is -2.36. The molecule has 2 N–H and O–H groups in total. The van der Waals surface area contributed by atoms with E-state index < -0.39 is 5.97 Å². The van der Waals surface area contributed by atoms with E-state index in [2.05, 4.69) is 5.32 Å². The second kappa shape index (κ2) is 9.80. The van der Waals surface area contributed by atoms with Gasteiger partial charge in [0, 0.05) is 32.6 Å². The van der Waals surface area contributed by atoms with E-state index in [4.69, 9.17) is 4.74 Å². The number of amides is 2. The molecular formula is C19H27N3O5. The average Bonchev–Trinajstić information content (AvgIpc) is 2.66. The number of ether oxygens (including phenoxy) is 1. The van der Waals surface area contributed by atoms with Crippen LogP contribution in [0.2, 0.25) is 0 Å². The zero-order valence-corrected chi connectivity index (χ0v) is 15.9. The van der Waals surface area contributed by atoms with E-state index >= 15 is 0 Å². The number of benzene rings is 1. The zero-order valence-electron chi connectivity index (χ0n) is 15.9. The fourth-order valence-corrected chi connectivity index (χ4v) is 2.94. The highest BCUT2D eigenvalue weighted by molar-refractivity contribution is 5.97. The highest BCUT2D eigenvalue weighted by Crippen LogP contribution is 2.29. The fraction of sp³-hybridized carbons (Fsp3) is 0.526. The molecule has 1 aromatic carbocycles. The number of unbranched alkanes of at least 4 members (excludes halogenated alkanes) is 1. The van der Waals surface area contributed by atoms with Crippen LogP contribution < -0.4 is 10.2 Å². The molecular weight excluding hydrogens is 350 g/mol. The van der Waals surface area contributed by atoms with Gasteiger partial charge in [-0.15, -0.1) is 0 Å². The standard InChI is InChI=1S/C19H27N3O5/c1-3-5-6-17(23)20-15-13-14(18(24)25)7-8-16(15)21-9-11-22(12-10-21)19(26)27-4-2/h7-8,13H,3-6,9-12H2,1-2H3,(H,20,23)(H,24,25). The van der Waals surface area contributed by atoms with Gasteiger partial charge in [0.25, 0.3) is 0 Å². The van der Waals surface area contributed by atoms with Crippen molar-refractivity contribution in [3.05, 3.63) is 23.8 Å². The second-order valence-corrected chi connectivity index (χ2v) is 6.36. The van der Waals surface area contributed by atoms with Gasteiger partial charge < -0.3 is 25.0 Å². The lowest BCUT2D eigenvalue weighted by Crippen LogP contribution is -2.49. The Balaban J connectivity index is 2.14. The molecule has 8 nitrogen and oxygen atoms in total. The number of anilines is 2. The van der Waals surface area contributed by atoms with E-state index in [-0.39, 0.29) is 17.6 Å². The minimum absolute atomic E-state index is 0.120. The maximum Gasteiger partial charge on any atom is 0.409 e. The van der Waals surface area contributed by atoms with Crippen LogP contribution in [-0.4, -0.2) is 60.8 Å². The number of carbonyl (C=O) groups is 3. The predicted octanol–water partition coefficient (Wildman–Crippen LogP) is 2.79. The SMILES string of the molecule is CCCCC(=O)Nc1cc(C(=O)O)ccc1N1CCN(C(=O)OCC)CC1. The van der Waals surface area contributed by atoms with E-state index in [1.165, 1.54) is 12.1 Å². The fourth-order valence-electron chi connectivity index (χ4n) is 2.94. The summed E-state index contributed by atoms with van der Waals surface area (Å²) in [5, 5.41) is 12.1. The summed E-state index contributed by atoms with van der Waals surface area (Å²) in [6.45, 7) is 6.26. The molecule has 1 fully saturated rings. The molecule has 1 heterocycles. The van der Waals surface area contributed by atoms with Gasteiger partial charge in [-0.05, 0) is 31.5 Å². The third kappa shape index (κ3) is 5.60. The first-order valence-electron chi connectivity index (χ1n) is 9.30. The van der Waals surface area contributed by atoms with Crippen LogP contribution in [0.25, 0.3) is 0 Å². The number of rotatable bonds is 7. The lowest BCUT2D eigenvalue weighted by molar-refractivity contribution is -0.116. The van der Waals surface area contributed by atoms with Crippen LogP contribution >= 0.6 is 0 Å². The molecule has 1 saturated heterocycles. The number of carboxylic acids is 1. The molecule has 0 bridgehead atoms. The molecule has 2 rings (SSSR count). The lowest BCUT2D eigenvalue weighted by atomic mass is 10.1. The van der Waals surface area contributed by atoms with Crippen molar-refractivity contribution in [2.24, 2.45) is 0 Å². The minimum atomic E-state index is -1.04. The number of hydrogen-bond acceptors (Lipinski definition) is 5. The van der Waals surface area contributed by atoms with Crippen molar-refractivity contribution in [3.8, 4) is 0 Å². The van der Waals surface area contributed by atoms with Crippen LogP contribution in [0.1, 0.15) is 43.5 Å². The molecule has 0 radical (unpaired) electrons. The van der Waals surface area contributed by atoms with Gasteiger partial charge in [-0.2, -0.15) is 0 Å². The molecule has 27 heavy (non-hydrogen) atoms. The van der Waals surface area contributed by atoms with Crippen molar-refractivity contribution in [2.45, 2.75) is 33.1 Å². The van der Waals surface area contributed by atoms with Gasteiger partial charge in [0.05, 0.1) is 23.5 Å². The van der Waals surface area contributed by atoms with Crippen molar-refractivity contribution >= 4 is 29.3 Å². The topological polar surface area (TPSA) is 99.2 Å². The average molecular weight is 377 g/mol. The Kier molecular flexibility index (Phi) is 7.45. The summed E-state index contributed by atoms with van der Waals surface area (Å²) < 4.78 is 5.02. The van der Waals surface area contributed by atoms with Crippen molar-refractivity contribution in [1.82, 2.24) is 4.90 Å². The molecule has 1 aromatic rings. The highest BCUT2D eigenvalue weighted by atomic mass is 16.6. The Morgan fingerprint density at radius 1 is 1.15 bits per heavy atom. The molecule has 0 atom stereocenters. The van der Waals surface area contributed by atoms with E-state index in [1.807, 2.05) is 11.8 Å². The van der Waals surface area contributed by atoms with Gasteiger partial charge in [0.15, 0.2) is 0 Å². The minimum Gasteiger partial charge on any atom is -0.478 e. The Morgan fingerprint density at radius 3 is 2.44 bits per heavy atom. The van der Waals surface area contributed by atoms with Crippen LogP contribution in [0.5, 0.6) is 0 Å². The summed E-state index contributed by atoms with van der Waals surface area (Å²) >= 11 is 0. The third-order valence-corrected chi connectivity index (χ3v) is 4.42. The first-order chi connectivity index (χ1) is 13.0. The molecule has 0 unspecified atom stereocenters. The summed E-state index contributed by atoms with van der Waals surface area (Å²) in [4.78, 5) is 39.0. The number of hydrogen-bond donors (Lipinski definition) is 2.